The van der Waals surface area contributed by atoms with Crippen molar-refractivity contribution in [2.75, 3.05) is 31.5 Å². The first-order valence-corrected chi connectivity index (χ1v) is 11.1. The Morgan fingerprint density at radius 2 is 1.61 bits per heavy atom. The van der Waals surface area contributed by atoms with Gasteiger partial charge in [0.2, 0.25) is 5.91 Å². The summed E-state index contributed by atoms with van der Waals surface area (Å²) in [5, 5.41) is 5.32. The predicted molar refractivity (Wildman–Crippen MR) is 131 cm³/mol. The van der Waals surface area contributed by atoms with E-state index < -0.39 is 0 Å². The lowest BCUT2D eigenvalue weighted by Gasteiger charge is -2.15. The Bertz CT molecular complexity index is 1070. The van der Waals surface area contributed by atoms with E-state index in [1.54, 1.807) is 56.7 Å². The number of ether oxygens (including phenoxy) is 3. The third kappa shape index (κ3) is 7.18. The maximum absolute atomic E-state index is 12.7. The van der Waals surface area contributed by atoms with Crippen LogP contribution in [0.5, 0.6) is 17.2 Å². The zero-order valence-corrected chi connectivity index (χ0v) is 19.5. The smallest absolute Gasteiger partial charge is 0.262 e. The van der Waals surface area contributed by atoms with Gasteiger partial charge in [0.15, 0.2) is 6.61 Å². The molecule has 0 aliphatic heterocycles. The molecule has 2 amide bonds. The van der Waals surface area contributed by atoms with Gasteiger partial charge in [-0.1, -0.05) is 18.2 Å². The lowest BCUT2D eigenvalue weighted by Crippen LogP contribution is -2.22. The quantitative estimate of drug-likeness (QED) is 0.416. The van der Waals surface area contributed by atoms with Gasteiger partial charge in [-0.05, 0) is 55.5 Å². The molecule has 0 fully saturated rings. The van der Waals surface area contributed by atoms with Crippen molar-refractivity contribution in [2.24, 2.45) is 0 Å². The lowest BCUT2D eigenvalue weighted by atomic mass is 10.2. The van der Waals surface area contributed by atoms with Crippen molar-refractivity contribution >= 4 is 35.0 Å². The maximum atomic E-state index is 12.7. The molecule has 1 unspecified atom stereocenters. The molecular weight excluding hydrogens is 440 g/mol. The van der Waals surface area contributed by atoms with Crippen LogP contribution in [0.3, 0.4) is 0 Å². The van der Waals surface area contributed by atoms with Crippen molar-refractivity contribution in [2.45, 2.75) is 17.1 Å². The minimum Gasteiger partial charge on any atom is -0.497 e. The van der Waals surface area contributed by atoms with Crippen molar-refractivity contribution < 1.29 is 23.8 Å². The lowest BCUT2D eigenvalue weighted by molar-refractivity contribution is -0.118. The van der Waals surface area contributed by atoms with Crippen LogP contribution in [0.15, 0.2) is 77.7 Å². The molecule has 0 heterocycles. The molecule has 0 aliphatic rings. The summed E-state index contributed by atoms with van der Waals surface area (Å²) in [6.45, 7) is 1.74. The average Bonchev–Trinajstić information content (AvgIpc) is 2.84. The van der Waals surface area contributed by atoms with Gasteiger partial charge >= 0.3 is 0 Å². The van der Waals surface area contributed by atoms with Gasteiger partial charge in [-0.15, -0.1) is 11.8 Å². The molecule has 0 aromatic heterocycles. The van der Waals surface area contributed by atoms with Gasteiger partial charge in [0, 0.05) is 16.6 Å². The van der Waals surface area contributed by atoms with Crippen molar-refractivity contribution in [1.82, 2.24) is 0 Å². The molecule has 3 aromatic carbocycles. The average molecular weight is 467 g/mol. The summed E-state index contributed by atoms with van der Waals surface area (Å²) >= 11 is 1.41. The molecule has 0 saturated carbocycles. The van der Waals surface area contributed by atoms with Crippen LogP contribution in [-0.4, -0.2) is 37.9 Å². The van der Waals surface area contributed by atoms with Crippen LogP contribution in [0.2, 0.25) is 0 Å². The SMILES string of the molecule is COc1ccc(OC)c(NC(=O)C(C)Sc2ccc(NC(=O)COc3ccccc3)cc2)c1. The number of carbonyl (C=O) groups is 2. The summed E-state index contributed by atoms with van der Waals surface area (Å²) in [6, 6.07) is 21.7. The van der Waals surface area contributed by atoms with E-state index in [1.165, 1.54) is 11.8 Å². The third-order valence-electron chi connectivity index (χ3n) is 4.60. The number of amides is 2. The van der Waals surface area contributed by atoms with E-state index in [1.807, 2.05) is 37.3 Å². The first kappa shape index (κ1) is 24.0. The van der Waals surface area contributed by atoms with E-state index in [4.69, 9.17) is 14.2 Å². The van der Waals surface area contributed by atoms with E-state index in [-0.39, 0.29) is 23.7 Å². The van der Waals surface area contributed by atoms with Gasteiger partial charge in [0.05, 0.1) is 25.2 Å². The topological polar surface area (TPSA) is 85.9 Å². The minimum atomic E-state index is -0.361. The van der Waals surface area contributed by atoms with Crippen LogP contribution in [-0.2, 0) is 9.59 Å². The molecule has 0 spiro atoms. The second kappa shape index (κ2) is 11.8. The number of rotatable bonds is 10. The van der Waals surface area contributed by atoms with E-state index in [0.29, 0.717) is 28.6 Å². The fourth-order valence-electron chi connectivity index (χ4n) is 2.88. The molecule has 33 heavy (non-hydrogen) atoms. The molecule has 172 valence electrons. The summed E-state index contributed by atoms with van der Waals surface area (Å²) in [7, 11) is 3.11. The Hall–Kier alpha value is -3.65. The molecule has 0 radical (unpaired) electrons. The maximum Gasteiger partial charge on any atom is 0.262 e. The van der Waals surface area contributed by atoms with Gasteiger partial charge in [-0.25, -0.2) is 0 Å². The standard InChI is InChI=1S/C25H26N2O5S/c1-17(25(29)27-22-15-20(30-2)11-14-23(22)31-3)33-21-12-9-18(10-13-21)26-24(28)16-32-19-7-5-4-6-8-19/h4-15,17H,16H2,1-3H3,(H,26,28)(H,27,29). The third-order valence-corrected chi connectivity index (χ3v) is 5.71. The Balaban J connectivity index is 1.51. The van der Waals surface area contributed by atoms with Gasteiger partial charge in [0.1, 0.15) is 17.2 Å². The highest BCUT2D eigenvalue weighted by Crippen LogP contribution is 2.31. The zero-order chi connectivity index (χ0) is 23.6. The summed E-state index contributed by atoms with van der Waals surface area (Å²) in [6.07, 6.45) is 0. The van der Waals surface area contributed by atoms with Gasteiger partial charge in [0.25, 0.3) is 5.91 Å². The molecule has 3 rings (SSSR count). The second-order valence-electron chi connectivity index (χ2n) is 6.99. The first-order chi connectivity index (χ1) is 16.0. The number of nitrogens with one attached hydrogen (secondary N) is 2. The van der Waals surface area contributed by atoms with Crippen LogP contribution in [0, 0.1) is 0 Å². The minimum absolute atomic E-state index is 0.0779. The molecule has 1 atom stereocenters. The highest BCUT2D eigenvalue weighted by molar-refractivity contribution is 8.00. The van der Waals surface area contributed by atoms with Crippen molar-refractivity contribution in [3.8, 4) is 17.2 Å². The van der Waals surface area contributed by atoms with Crippen molar-refractivity contribution in [1.29, 1.82) is 0 Å². The summed E-state index contributed by atoms with van der Waals surface area (Å²) in [5.74, 6) is 1.40. The highest BCUT2D eigenvalue weighted by atomic mass is 32.2. The Morgan fingerprint density at radius 3 is 2.27 bits per heavy atom. The Labute approximate surface area is 197 Å². The number of anilines is 2. The molecule has 3 aromatic rings. The Kier molecular flexibility index (Phi) is 8.60. The molecule has 2 N–H and O–H groups in total. The fourth-order valence-corrected chi connectivity index (χ4v) is 3.75. The molecule has 8 heteroatoms. The van der Waals surface area contributed by atoms with Gasteiger partial charge in [-0.2, -0.15) is 0 Å². The van der Waals surface area contributed by atoms with Gasteiger partial charge in [-0.3, -0.25) is 9.59 Å². The fraction of sp³-hybridized carbons (Fsp3) is 0.200. The van der Waals surface area contributed by atoms with Gasteiger partial charge < -0.3 is 24.8 Å². The van der Waals surface area contributed by atoms with Crippen LogP contribution in [0.4, 0.5) is 11.4 Å². The predicted octanol–water partition coefficient (Wildman–Crippen LogP) is 4.84. The van der Waals surface area contributed by atoms with Crippen LogP contribution < -0.4 is 24.8 Å². The number of methoxy groups -OCH3 is 2. The number of hydrogen-bond donors (Lipinski definition) is 2. The second-order valence-corrected chi connectivity index (χ2v) is 8.40. The Morgan fingerprint density at radius 1 is 0.879 bits per heavy atom. The zero-order valence-electron chi connectivity index (χ0n) is 18.7. The molecule has 0 bridgehead atoms. The molecular formula is C25H26N2O5S. The molecule has 0 saturated heterocycles. The van der Waals surface area contributed by atoms with Crippen molar-refractivity contribution in [3.63, 3.8) is 0 Å². The number of benzene rings is 3. The summed E-state index contributed by atoms with van der Waals surface area (Å²) < 4.78 is 16.0. The summed E-state index contributed by atoms with van der Waals surface area (Å²) in [5.41, 5.74) is 1.20. The molecule has 0 aliphatic carbocycles. The van der Waals surface area contributed by atoms with Crippen LogP contribution in [0.25, 0.3) is 0 Å². The van der Waals surface area contributed by atoms with E-state index >= 15 is 0 Å². The van der Waals surface area contributed by atoms with Crippen LogP contribution >= 0.6 is 11.8 Å². The van der Waals surface area contributed by atoms with E-state index in [0.717, 1.165) is 4.90 Å². The summed E-state index contributed by atoms with van der Waals surface area (Å²) in [4.78, 5) is 25.7. The van der Waals surface area contributed by atoms with E-state index in [2.05, 4.69) is 10.6 Å². The number of para-hydroxylation sites is 1. The number of hydrogen-bond acceptors (Lipinski definition) is 6. The van der Waals surface area contributed by atoms with E-state index in [9.17, 15) is 9.59 Å². The largest absolute Gasteiger partial charge is 0.497 e. The number of thioether (sulfide) groups is 1. The first-order valence-electron chi connectivity index (χ1n) is 10.3. The van der Waals surface area contributed by atoms with Crippen molar-refractivity contribution in [3.05, 3.63) is 72.8 Å². The normalized spacial score (nSPS) is 11.2. The molecule has 7 nitrogen and oxygen atoms in total. The number of carbonyl (C=O) groups excluding carboxylic acids is 2. The van der Waals surface area contributed by atoms with Crippen LogP contribution in [0.1, 0.15) is 6.92 Å². The highest BCUT2D eigenvalue weighted by Gasteiger charge is 2.17. The monoisotopic (exact) mass is 466 g/mol.